The van der Waals surface area contributed by atoms with Gasteiger partial charge in [0, 0.05) is 5.56 Å². The second-order valence-electron chi connectivity index (χ2n) is 4.50. The molecular formula is C14H11N2OS+. The summed E-state index contributed by atoms with van der Waals surface area (Å²) in [6.07, 6.45) is 3.74. The van der Waals surface area contributed by atoms with E-state index in [9.17, 15) is 5.11 Å². The molecular weight excluding hydrogens is 244 g/mol. The first-order valence-corrected chi connectivity index (χ1v) is 6.80. The molecule has 0 spiro atoms. The molecule has 3 nitrogen and oxygen atoms in total. The van der Waals surface area contributed by atoms with Crippen LogP contribution in [-0.4, -0.2) is 10.1 Å². The average molecular weight is 255 g/mol. The molecule has 18 heavy (non-hydrogen) atoms. The van der Waals surface area contributed by atoms with Crippen LogP contribution in [0.3, 0.4) is 0 Å². The van der Waals surface area contributed by atoms with Gasteiger partial charge in [-0.1, -0.05) is 35.6 Å². The lowest BCUT2D eigenvalue weighted by molar-refractivity contribution is -0.522. The summed E-state index contributed by atoms with van der Waals surface area (Å²) in [6, 6.07) is 8.43. The molecule has 1 N–H and O–H groups in total. The third kappa shape index (κ3) is 1.24. The molecule has 0 aliphatic heterocycles. The number of aromatic hydroxyl groups is 1. The summed E-state index contributed by atoms with van der Waals surface area (Å²) in [7, 11) is 0. The summed E-state index contributed by atoms with van der Waals surface area (Å²) in [4.78, 5) is 5.64. The Bertz CT molecular complexity index is 764. The van der Waals surface area contributed by atoms with E-state index in [-0.39, 0.29) is 5.88 Å². The number of aryl methyl sites for hydroxylation is 2. The van der Waals surface area contributed by atoms with Gasteiger partial charge in [-0.15, -0.1) is 0 Å². The lowest BCUT2D eigenvalue weighted by atomic mass is 9.90. The predicted octanol–water partition coefficient (Wildman–Crippen LogP) is 2.35. The highest BCUT2D eigenvalue weighted by Crippen LogP contribution is 2.34. The summed E-state index contributed by atoms with van der Waals surface area (Å²) < 4.78 is 1.76. The topological polar surface area (TPSA) is 37.2 Å². The van der Waals surface area contributed by atoms with E-state index < -0.39 is 0 Å². The van der Waals surface area contributed by atoms with Crippen molar-refractivity contribution >= 4 is 16.2 Å². The van der Waals surface area contributed by atoms with Crippen molar-refractivity contribution in [2.45, 2.75) is 12.8 Å². The van der Waals surface area contributed by atoms with Crippen LogP contribution < -0.4 is 4.40 Å². The summed E-state index contributed by atoms with van der Waals surface area (Å²) >= 11 is 1.58. The summed E-state index contributed by atoms with van der Waals surface area (Å²) in [5.41, 5.74) is 4.91. The second kappa shape index (κ2) is 3.53. The van der Waals surface area contributed by atoms with Crippen molar-refractivity contribution in [1.82, 2.24) is 4.98 Å². The minimum atomic E-state index is 0.268. The van der Waals surface area contributed by atoms with Crippen LogP contribution in [0.5, 0.6) is 5.88 Å². The van der Waals surface area contributed by atoms with Gasteiger partial charge in [0.25, 0.3) is 12.2 Å². The molecule has 3 aromatic rings. The van der Waals surface area contributed by atoms with Crippen LogP contribution in [0.2, 0.25) is 0 Å². The minimum Gasteiger partial charge on any atom is -0.477 e. The fraction of sp³-hybridized carbons (Fsp3) is 0.143. The van der Waals surface area contributed by atoms with E-state index in [1.807, 2.05) is 0 Å². The highest BCUT2D eigenvalue weighted by molar-refractivity contribution is 7.15. The minimum absolute atomic E-state index is 0.268. The Morgan fingerprint density at radius 1 is 1.22 bits per heavy atom. The molecule has 1 aromatic carbocycles. The lowest BCUT2D eigenvalue weighted by Gasteiger charge is -2.14. The Morgan fingerprint density at radius 3 is 3.06 bits per heavy atom. The van der Waals surface area contributed by atoms with Gasteiger partial charge in [-0.2, -0.15) is 4.40 Å². The van der Waals surface area contributed by atoms with E-state index in [1.165, 1.54) is 16.7 Å². The molecule has 2 aromatic heterocycles. The molecule has 0 fully saturated rings. The molecule has 0 amide bonds. The highest BCUT2D eigenvalue weighted by Gasteiger charge is 2.26. The molecule has 4 heteroatoms. The number of hydrogen-bond acceptors (Lipinski definition) is 3. The van der Waals surface area contributed by atoms with Crippen molar-refractivity contribution in [3.63, 3.8) is 0 Å². The fourth-order valence-corrected chi connectivity index (χ4v) is 3.56. The summed E-state index contributed by atoms with van der Waals surface area (Å²) in [5.74, 6) is 0.268. The van der Waals surface area contributed by atoms with E-state index in [0.29, 0.717) is 0 Å². The van der Waals surface area contributed by atoms with Crippen LogP contribution in [0.15, 0.2) is 36.0 Å². The van der Waals surface area contributed by atoms with Crippen LogP contribution in [-0.2, 0) is 12.8 Å². The van der Waals surface area contributed by atoms with E-state index in [4.69, 9.17) is 0 Å². The van der Waals surface area contributed by atoms with Crippen molar-refractivity contribution < 1.29 is 9.51 Å². The molecule has 0 unspecified atom stereocenters. The summed E-state index contributed by atoms with van der Waals surface area (Å²) in [6.45, 7) is 0. The summed E-state index contributed by atoms with van der Waals surface area (Å²) in [5, 5.41) is 11.5. The van der Waals surface area contributed by atoms with Crippen LogP contribution in [0.4, 0.5) is 0 Å². The third-order valence-corrected chi connectivity index (χ3v) is 4.50. The van der Waals surface area contributed by atoms with Gasteiger partial charge >= 0.3 is 0 Å². The third-order valence-electron chi connectivity index (χ3n) is 3.50. The van der Waals surface area contributed by atoms with Crippen molar-refractivity contribution in [2.75, 3.05) is 0 Å². The fourth-order valence-electron chi connectivity index (χ4n) is 2.64. The quantitative estimate of drug-likeness (QED) is 0.626. The van der Waals surface area contributed by atoms with E-state index >= 15 is 0 Å². The van der Waals surface area contributed by atoms with Crippen molar-refractivity contribution in [1.29, 1.82) is 0 Å². The molecule has 0 saturated heterocycles. The molecule has 0 saturated carbocycles. The number of hydrogen-bond donors (Lipinski definition) is 1. The highest BCUT2D eigenvalue weighted by atomic mass is 32.1. The van der Waals surface area contributed by atoms with Crippen LogP contribution >= 0.6 is 11.3 Å². The van der Waals surface area contributed by atoms with Crippen LogP contribution in [0, 0.1) is 0 Å². The monoisotopic (exact) mass is 255 g/mol. The van der Waals surface area contributed by atoms with Crippen molar-refractivity contribution in [3.05, 3.63) is 47.1 Å². The first kappa shape index (κ1) is 10.0. The molecule has 1 aliphatic carbocycles. The van der Waals surface area contributed by atoms with E-state index in [0.717, 1.165) is 23.4 Å². The zero-order valence-electron chi connectivity index (χ0n) is 9.63. The van der Waals surface area contributed by atoms with Gasteiger partial charge < -0.3 is 5.11 Å². The first-order chi connectivity index (χ1) is 8.84. The second-order valence-corrected chi connectivity index (χ2v) is 5.36. The molecule has 4 rings (SSSR count). The van der Waals surface area contributed by atoms with Gasteiger partial charge in [-0.25, -0.2) is 0 Å². The zero-order chi connectivity index (χ0) is 12.1. The van der Waals surface area contributed by atoms with Gasteiger partial charge in [0.1, 0.15) is 0 Å². The van der Waals surface area contributed by atoms with Gasteiger partial charge in [-0.3, -0.25) is 0 Å². The van der Waals surface area contributed by atoms with Crippen molar-refractivity contribution in [3.8, 4) is 17.1 Å². The largest absolute Gasteiger partial charge is 0.477 e. The Balaban J connectivity index is 2.09. The van der Waals surface area contributed by atoms with E-state index in [1.54, 1.807) is 27.4 Å². The average Bonchev–Trinajstić information content (AvgIpc) is 2.80. The number of nitrogens with zero attached hydrogens (tertiary/aromatic N) is 2. The number of fused-ring (bicyclic) bond motifs is 5. The van der Waals surface area contributed by atoms with E-state index in [2.05, 4.69) is 29.2 Å². The number of aromatic nitrogens is 2. The standard InChI is InChI=1S/C14H10N2OS/c17-12-7-18-14-11-6-5-9-3-1-2-4-10(9)13(11)15-8-16(12)14/h1-4,7-8H,5-6H2/p+1. The zero-order valence-corrected chi connectivity index (χ0v) is 10.4. The SMILES string of the molecule is Oc1csc2c3c(nc[n+]12)-c1ccccc1CC3. The molecule has 0 bridgehead atoms. The molecule has 0 radical (unpaired) electrons. The van der Waals surface area contributed by atoms with Gasteiger partial charge in [0.15, 0.2) is 10.5 Å². The number of rotatable bonds is 0. The Hall–Kier alpha value is -1.94. The van der Waals surface area contributed by atoms with Gasteiger partial charge in [-0.05, 0) is 23.4 Å². The molecule has 0 atom stereocenters. The van der Waals surface area contributed by atoms with Crippen LogP contribution in [0.25, 0.3) is 16.1 Å². The lowest BCUT2D eigenvalue weighted by Crippen LogP contribution is -2.23. The van der Waals surface area contributed by atoms with Gasteiger partial charge in [0.05, 0.1) is 10.9 Å². The maximum absolute atomic E-state index is 9.74. The molecule has 2 heterocycles. The Labute approximate surface area is 108 Å². The predicted molar refractivity (Wildman–Crippen MR) is 69.8 cm³/mol. The van der Waals surface area contributed by atoms with Gasteiger partial charge in [0.2, 0.25) is 0 Å². The normalized spacial score (nSPS) is 13.3. The maximum Gasteiger partial charge on any atom is 0.297 e. The smallest absolute Gasteiger partial charge is 0.297 e. The first-order valence-electron chi connectivity index (χ1n) is 5.92. The Kier molecular flexibility index (Phi) is 1.96. The van der Waals surface area contributed by atoms with Crippen molar-refractivity contribution in [2.24, 2.45) is 0 Å². The number of benzene rings is 1. The molecule has 1 aliphatic rings. The molecule has 88 valence electrons. The van der Waals surface area contributed by atoms with Crippen LogP contribution in [0.1, 0.15) is 11.1 Å². The number of thiazole rings is 1. The Morgan fingerprint density at radius 2 is 2.11 bits per heavy atom. The maximum atomic E-state index is 9.74.